The first-order valence-electron chi connectivity index (χ1n) is 10.5. The Hall–Kier alpha value is -3.35. The zero-order valence-electron chi connectivity index (χ0n) is 17.2. The molecule has 2 aromatic heterocycles. The minimum absolute atomic E-state index is 0.00755. The van der Waals surface area contributed by atoms with Gasteiger partial charge in [-0.1, -0.05) is 48.7 Å². The molecule has 31 heavy (non-hydrogen) atoms. The summed E-state index contributed by atoms with van der Waals surface area (Å²) in [5.41, 5.74) is 3.72. The molecular weight excluding hydrogens is 398 g/mol. The summed E-state index contributed by atoms with van der Waals surface area (Å²) in [6, 6.07) is 11.6. The highest BCUT2D eigenvalue weighted by atomic mass is 19.1. The summed E-state index contributed by atoms with van der Waals surface area (Å²) < 4.78 is 35.4. The van der Waals surface area contributed by atoms with Gasteiger partial charge in [-0.3, -0.25) is 4.68 Å². The highest BCUT2D eigenvalue weighted by molar-refractivity contribution is 5.79. The van der Waals surface area contributed by atoms with Crippen LogP contribution in [0, 0.1) is 18.6 Å². The molecule has 5 rings (SSSR count). The molecule has 2 aromatic carbocycles. The van der Waals surface area contributed by atoms with Crippen molar-refractivity contribution in [2.45, 2.75) is 45.1 Å². The summed E-state index contributed by atoms with van der Waals surface area (Å²) in [6.07, 6.45) is 7.48. The van der Waals surface area contributed by atoms with Gasteiger partial charge < -0.3 is 4.52 Å². The van der Waals surface area contributed by atoms with Gasteiger partial charge in [-0.25, -0.2) is 8.78 Å². The van der Waals surface area contributed by atoms with Crippen LogP contribution in [0.3, 0.4) is 0 Å². The Balaban J connectivity index is 1.63. The van der Waals surface area contributed by atoms with Gasteiger partial charge >= 0.3 is 0 Å². The smallest absolute Gasteiger partial charge is 0.262 e. The van der Waals surface area contributed by atoms with E-state index in [2.05, 4.69) is 33.9 Å². The van der Waals surface area contributed by atoms with Crippen molar-refractivity contribution in [2.75, 3.05) is 0 Å². The third kappa shape index (κ3) is 3.65. The van der Waals surface area contributed by atoms with Crippen molar-refractivity contribution in [1.82, 2.24) is 19.9 Å². The average molecular weight is 420 g/mol. The van der Waals surface area contributed by atoms with E-state index >= 15 is 0 Å². The van der Waals surface area contributed by atoms with Crippen LogP contribution in [-0.2, 0) is 0 Å². The lowest BCUT2D eigenvalue weighted by Crippen LogP contribution is -2.15. The Morgan fingerprint density at radius 2 is 1.77 bits per heavy atom. The van der Waals surface area contributed by atoms with Crippen molar-refractivity contribution in [3.8, 4) is 34.1 Å². The van der Waals surface area contributed by atoms with Gasteiger partial charge in [0, 0.05) is 5.56 Å². The number of aromatic nitrogens is 4. The monoisotopic (exact) mass is 420 g/mol. The topological polar surface area (TPSA) is 56.7 Å². The Kier molecular flexibility index (Phi) is 5.10. The van der Waals surface area contributed by atoms with Crippen LogP contribution in [0.5, 0.6) is 0 Å². The fraction of sp³-hybridized carbons (Fsp3) is 0.292. The van der Waals surface area contributed by atoms with Gasteiger partial charge in [0.1, 0.15) is 11.6 Å². The van der Waals surface area contributed by atoms with Crippen molar-refractivity contribution in [1.29, 1.82) is 0 Å². The molecule has 0 radical (unpaired) electrons. The first-order valence-corrected chi connectivity index (χ1v) is 10.5. The molecular formula is C24H22F2N4O. The highest BCUT2D eigenvalue weighted by Crippen LogP contribution is 2.39. The van der Waals surface area contributed by atoms with Crippen molar-refractivity contribution in [2.24, 2.45) is 0 Å². The molecule has 0 atom stereocenters. The van der Waals surface area contributed by atoms with Crippen molar-refractivity contribution >= 4 is 0 Å². The Morgan fingerprint density at radius 3 is 2.58 bits per heavy atom. The summed E-state index contributed by atoms with van der Waals surface area (Å²) in [5.74, 6) is -0.925. The lowest BCUT2D eigenvalue weighted by atomic mass is 9.94. The third-order valence-electron chi connectivity index (χ3n) is 5.94. The standard InChI is InChI=1S/C24H22F2N4O/c1-15-7-5-6-10-18(15)22-20(14-27-30(22)17-8-3-2-4-9-17)24-28-23(29-31-24)19-13-16(25)11-12-21(19)26/h5-7,10-14,17H,2-4,8-9H2,1H3. The van der Waals surface area contributed by atoms with E-state index in [1.165, 1.54) is 19.3 Å². The van der Waals surface area contributed by atoms with Gasteiger partial charge in [0.2, 0.25) is 5.82 Å². The summed E-state index contributed by atoms with van der Waals surface area (Å²) >= 11 is 0. The number of nitrogens with zero attached hydrogens (tertiary/aromatic N) is 4. The maximum absolute atomic E-state index is 14.2. The van der Waals surface area contributed by atoms with Gasteiger partial charge in [-0.05, 0) is 43.5 Å². The largest absolute Gasteiger partial charge is 0.333 e. The van der Waals surface area contributed by atoms with Gasteiger partial charge in [0.25, 0.3) is 5.89 Å². The molecule has 0 unspecified atom stereocenters. The molecule has 7 heteroatoms. The second-order valence-electron chi connectivity index (χ2n) is 8.01. The predicted octanol–water partition coefficient (Wildman–Crippen LogP) is 6.36. The van der Waals surface area contributed by atoms with Crippen LogP contribution in [0.1, 0.15) is 43.7 Å². The molecule has 1 saturated carbocycles. The van der Waals surface area contributed by atoms with Crippen LogP contribution in [0.4, 0.5) is 8.78 Å². The van der Waals surface area contributed by atoms with Crippen LogP contribution >= 0.6 is 0 Å². The number of halogens is 2. The normalized spacial score (nSPS) is 14.8. The van der Waals surface area contributed by atoms with Crippen LogP contribution in [0.25, 0.3) is 34.1 Å². The Labute approximate surface area is 178 Å². The van der Waals surface area contributed by atoms with Crippen LogP contribution in [0.15, 0.2) is 53.2 Å². The van der Waals surface area contributed by atoms with Gasteiger partial charge in [-0.15, -0.1) is 0 Å². The molecule has 1 fully saturated rings. The van der Waals surface area contributed by atoms with E-state index in [0.29, 0.717) is 11.6 Å². The van der Waals surface area contributed by atoms with Gasteiger partial charge in [-0.2, -0.15) is 10.1 Å². The quantitative estimate of drug-likeness (QED) is 0.385. The molecule has 1 aliphatic rings. The number of hydrogen-bond acceptors (Lipinski definition) is 4. The maximum Gasteiger partial charge on any atom is 0.262 e. The summed E-state index contributed by atoms with van der Waals surface area (Å²) in [5, 5.41) is 8.62. The Bertz CT molecular complexity index is 1220. The maximum atomic E-state index is 14.2. The number of benzene rings is 2. The number of hydrogen-bond donors (Lipinski definition) is 0. The summed E-state index contributed by atoms with van der Waals surface area (Å²) in [6.45, 7) is 2.05. The summed E-state index contributed by atoms with van der Waals surface area (Å²) in [7, 11) is 0. The molecule has 158 valence electrons. The molecule has 1 aliphatic carbocycles. The second-order valence-corrected chi connectivity index (χ2v) is 8.01. The van der Waals surface area contributed by atoms with E-state index in [-0.39, 0.29) is 17.3 Å². The first kappa shape index (κ1) is 19.6. The molecule has 0 bridgehead atoms. The fourth-order valence-corrected chi connectivity index (χ4v) is 4.34. The third-order valence-corrected chi connectivity index (χ3v) is 5.94. The second kappa shape index (κ2) is 8.06. The fourth-order valence-electron chi connectivity index (χ4n) is 4.34. The van der Waals surface area contributed by atoms with E-state index in [0.717, 1.165) is 47.9 Å². The van der Waals surface area contributed by atoms with Crippen LogP contribution in [0.2, 0.25) is 0 Å². The summed E-state index contributed by atoms with van der Waals surface area (Å²) in [4.78, 5) is 4.39. The van der Waals surface area contributed by atoms with Gasteiger partial charge in [0.15, 0.2) is 0 Å². The molecule has 0 spiro atoms. The molecule has 0 N–H and O–H groups in total. The van der Waals surface area contributed by atoms with E-state index in [4.69, 9.17) is 9.62 Å². The minimum atomic E-state index is -0.606. The van der Waals surface area contributed by atoms with E-state index in [9.17, 15) is 8.78 Å². The first-order chi connectivity index (χ1) is 15.1. The number of aryl methyl sites for hydroxylation is 1. The number of rotatable bonds is 4. The van der Waals surface area contributed by atoms with Crippen molar-refractivity contribution in [3.05, 3.63) is 65.9 Å². The van der Waals surface area contributed by atoms with E-state index < -0.39 is 11.6 Å². The predicted molar refractivity (Wildman–Crippen MR) is 113 cm³/mol. The highest BCUT2D eigenvalue weighted by Gasteiger charge is 2.26. The van der Waals surface area contributed by atoms with E-state index in [1.54, 1.807) is 6.20 Å². The molecule has 0 amide bonds. The Morgan fingerprint density at radius 1 is 0.968 bits per heavy atom. The van der Waals surface area contributed by atoms with Gasteiger partial charge in [0.05, 0.1) is 29.1 Å². The SMILES string of the molecule is Cc1ccccc1-c1c(-c2nc(-c3cc(F)ccc3F)no2)cnn1C1CCCCC1. The molecule has 0 aliphatic heterocycles. The van der Waals surface area contributed by atoms with Crippen LogP contribution in [-0.4, -0.2) is 19.9 Å². The van der Waals surface area contributed by atoms with Crippen molar-refractivity contribution in [3.63, 3.8) is 0 Å². The van der Waals surface area contributed by atoms with Crippen molar-refractivity contribution < 1.29 is 13.3 Å². The minimum Gasteiger partial charge on any atom is -0.333 e. The molecule has 2 heterocycles. The molecule has 5 nitrogen and oxygen atoms in total. The average Bonchev–Trinajstić information content (AvgIpc) is 3.44. The lowest BCUT2D eigenvalue weighted by Gasteiger charge is -2.24. The lowest BCUT2D eigenvalue weighted by molar-refractivity contribution is 0.332. The molecule has 0 saturated heterocycles. The van der Waals surface area contributed by atoms with E-state index in [1.807, 2.05) is 12.1 Å². The molecule has 4 aromatic rings. The van der Waals surface area contributed by atoms with Crippen LogP contribution < -0.4 is 0 Å². The zero-order chi connectivity index (χ0) is 21.4. The zero-order valence-corrected chi connectivity index (χ0v) is 17.2.